The number of hydrogen-bond donors (Lipinski definition) is 0. The van der Waals surface area contributed by atoms with E-state index >= 15 is 0 Å². The van der Waals surface area contributed by atoms with Gasteiger partial charge in [-0.25, -0.2) is 9.59 Å². The first kappa shape index (κ1) is 31.4. The van der Waals surface area contributed by atoms with Gasteiger partial charge in [0.15, 0.2) is 6.10 Å². The van der Waals surface area contributed by atoms with Gasteiger partial charge in [0.2, 0.25) is 0 Å². The minimum Gasteiger partial charge on any atom is -0.459 e. The lowest BCUT2D eigenvalue weighted by Gasteiger charge is -2.62. The maximum absolute atomic E-state index is 13.5. The molecule has 44 heavy (non-hydrogen) atoms. The molecule has 3 aliphatic rings. The molecule has 1 saturated heterocycles. The van der Waals surface area contributed by atoms with Crippen LogP contribution in [-0.4, -0.2) is 59.5 Å². The van der Waals surface area contributed by atoms with Gasteiger partial charge < -0.3 is 23.7 Å². The summed E-state index contributed by atoms with van der Waals surface area (Å²) in [6.45, 7) is 10.2. The summed E-state index contributed by atoms with van der Waals surface area (Å²) < 4.78 is 31.3. The topological polar surface area (TPSA) is 114 Å². The Morgan fingerprint density at radius 2 is 1.41 bits per heavy atom. The van der Waals surface area contributed by atoms with Crippen LogP contribution in [0, 0.1) is 17.3 Å². The molecule has 2 aromatic carbocycles. The summed E-state index contributed by atoms with van der Waals surface area (Å²) in [6, 6.07) is 18.0. The highest BCUT2D eigenvalue weighted by Gasteiger charge is 2.80. The first-order valence-corrected chi connectivity index (χ1v) is 15.0. The van der Waals surface area contributed by atoms with Crippen LogP contribution in [-0.2, 0) is 38.1 Å². The van der Waals surface area contributed by atoms with Gasteiger partial charge in [0.05, 0.1) is 16.6 Å². The number of benzene rings is 2. The van der Waals surface area contributed by atoms with E-state index in [-0.39, 0.29) is 24.7 Å². The zero-order chi connectivity index (χ0) is 31.9. The Hall–Kier alpha value is -3.98. The van der Waals surface area contributed by atoms with Crippen LogP contribution in [0.5, 0.6) is 0 Å². The van der Waals surface area contributed by atoms with Gasteiger partial charge in [-0.15, -0.1) is 0 Å². The average Bonchev–Trinajstić information content (AvgIpc) is 3.15. The molecule has 5 rings (SSSR count). The zero-order valence-electron chi connectivity index (χ0n) is 26.0. The number of fused-ring (bicyclic) bond motifs is 1. The minimum atomic E-state index is -1.29. The predicted octanol–water partition coefficient (Wildman–Crippen LogP) is 5.31. The molecule has 9 heteroatoms. The average molecular weight is 605 g/mol. The number of rotatable bonds is 7. The lowest BCUT2D eigenvalue weighted by molar-refractivity contribution is -0.304. The normalized spacial score (nSPS) is 33.6. The highest BCUT2D eigenvalue weighted by atomic mass is 16.6. The molecule has 0 unspecified atom stereocenters. The molecule has 9 nitrogen and oxygen atoms in total. The fourth-order valence-corrected chi connectivity index (χ4v) is 7.84. The molecule has 8 atom stereocenters. The van der Waals surface area contributed by atoms with E-state index in [2.05, 4.69) is 0 Å². The van der Waals surface area contributed by atoms with Crippen molar-refractivity contribution in [3.05, 3.63) is 77.9 Å². The van der Waals surface area contributed by atoms with E-state index in [0.717, 1.165) is 5.56 Å². The third-order valence-electron chi connectivity index (χ3n) is 9.66. The van der Waals surface area contributed by atoms with E-state index in [1.165, 1.54) is 19.9 Å². The molecule has 2 aliphatic carbocycles. The van der Waals surface area contributed by atoms with Crippen molar-refractivity contribution in [2.24, 2.45) is 17.3 Å². The first-order chi connectivity index (χ1) is 20.8. The van der Waals surface area contributed by atoms with Crippen molar-refractivity contribution in [1.82, 2.24) is 0 Å². The largest absolute Gasteiger partial charge is 0.459 e. The summed E-state index contributed by atoms with van der Waals surface area (Å²) >= 11 is 0. The molecular formula is C35H40O9. The number of carbonyl (C=O) groups is 4. The number of carbonyl (C=O) groups excluding carboxylic acids is 4. The van der Waals surface area contributed by atoms with Crippen molar-refractivity contribution in [1.29, 1.82) is 0 Å². The Morgan fingerprint density at radius 1 is 0.795 bits per heavy atom. The second kappa shape index (κ2) is 11.8. The fourth-order valence-electron chi connectivity index (χ4n) is 7.84. The quantitative estimate of drug-likeness (QED) is 0.236. The third kappa shape index (κ3) is 5.42. The van der Waals surface area contributed by atoms with Crippen LogP contribution >= 0.6 is 0 Å². The van der Waals surface area contributed by atoms with Gasteiger partial charge in [0, 0.05) is 25.8 Å². The fraction of sp³-hybridized carbons (Fsp3) is 0.486. The van der Waals surface area contributed by atoms with Gasteiger partial charge in [-0.1, -0.05) is 55.5 Å². The molecular weight excluding hydrogens is 564 g/mol. The summed E-state index contributed by atoms with van der Waals surface area (Å²) in [7, 11) is 0. The molecule has 1 aliphatic heterocycles. The monoisotopic (exact) mass is 604 g/mol. The second-order valence-electron chi connectivity index (χ2n) is 12.8. The van der Waals surface area contributed by atoms with Crippen LogP contribution in [0.4, 0.5) is 0 Å². The summed E-state index contributed by atoms with van der Waals surface area (Å²) in [5, 5.41) is 0. The Kier molecular flexibility index (Phi) is 8.46. The van der Waals surface area contributed by atoms with Crippen LogP contribution in [0.3, 0.4) is 0 Å². The van der Waals surface area contributed by atoms with E-state index in [4.69, 9.17) is 23.7 Å². The Bertz CT molecular complexity index is 1430. The van der Waals surface area contributed by atoms with E-state index < -0.39 is 64.9 Å². The molecule has 2 aromatic rings. The van der Waals surface area contributed by atoms with Crippen molar-refractivity contribution in [2.45, 2.75) is 90.0 Å². The van der Waals surface area contributed by atoms with Crippen molar-refractivity contribution in [3.63, 3.8) is 0 Å². The maximum atomic E-state index is 13.5. The minimum absolute atomic E-state index is 0.251. The lowest BCUT2D eigenvalue weighted by atomic mass is 9.48. The summed E-state index contributed by atoms with van der Waals surface area (Å²) in [6.07, 6.45) is 0.0436. The predicted molar refractivity (Wildman–Crippen MR) is 160 cm³/mol. The van der Waals surface area contributed by atoms with Crippen LogP contribution < -0.4 is 0 Å². The highest BCUT2D eigenvalue weighted by Crippen LogP contribution is 2.68. The Balaban J connectivity index is 1.61. The molecule has 234 valence electrons. The Labute approximate surface area is 257 Å². The van der Waals surface area contributed by atoms with E-state index in [9.17, 15) is 19.2 Å². The van der Waals surface area contributed by atoms with E-state index in [1.54, 1.807) is 36.4 Å². The third-order valence-corrected chi connectivity index (χ3v) is 9.66. The van der Waals surface area contributed by atoms with E-state index in [0.29, 0.717) is 5.56 Å². The van der Waals surface area contributed by atoms with Gasteiger partial charge in [-0.2, -0.15) is 0 Å². The van der Waals surface area contributed by atoms with Crippen LogP contribution in [0.2, 0.25) is 0 Å². The summed E-state index contributed by atoms with van der Waals surface area (Å²) in [5.41, 5.74) is -2.17. The molecule has 3 fully saturated rings. The van der Waals surface area contributed by atoms with Crippen LogP contribution in [0.15, 0.2) is 66.7 Å². The summed E-state index contributed by atoms with van der Waals surface area (Å²) in [4.78, 5) is 51.8. The first-order valence-electron chi connectivity index (χ1n) is 15.0. The van der Waals surface area contributed by atoms with Crippen molar-refractivity contribution in [2.75, 3.05) is 0 Å². The maximum Gasteiger partial charge on any atom is 0.338 e. The van der Waals surface area contributed by atoms with Gasteiger partial charge in [0.25, 0.3) is 0 Å². The molecule has 0 amide bonds. The SMILES string of the molecule is CC(=O)O[C@@H]1C[C@@H](C)[C@]23OC(C)(C)[C@H](C[C@H](OC(=O)c4ccccc4)[C@]2(C)[C@H]1OC(C)=O)[C@H]3OC(=O)/C=C/c1ccccc1. The number of hydrogen-bond acceptors (Lipinski definition) is 9. The van der Waals surface area contributed by atoms with Crippen LogP contribution in [0.25, 0.3) is 6.08 Å². The highest BCUT2D eigenvalue weighted by molar-refractivity contribution is 5.89. The van der Waals surface area contributed by atoms with Gasteiger partial charge in [0.1, 0.15) is 23.9 Å². The molecule has 2 bridgehead atoms. The molecule has 2 saturated carbocycles. The van der Waals surface area contributed by atoms with Crippen molar-refractivity contribution >= 4 is 30.0 Å². The smallest absolute Gasteiger partial charge is 0.338 e. The second-order valence-corrected chi connectivity index (χ2v) is 12.8. The van der Waals surface area contributed by atoms with Crippen LogP contribution in [0.1, 0.15) is 70.3 Å². The van der Waals surface area contributed by atoms with E-state index in [1.807, 2.05) is 58.0 Å². The van der Waals surface area contributed by atoms with Crippen molar-refractivity contribution < 1.29 is 42.9 Å². The zero-order valence-corrected chi connectivity index (χ0v) is 26.0. The van der Waals surface area contributed by atoms with Crippen molar-refractivity contribution in [3.8, 4) is 0 Å². The molecule has 1 spiro atoms. The molecule has 0 N–H and O–H groups in total. The molecule has 0 radical (unpaired) electrons. The standard InChI is InChI=1S/C35H40O9/c1-21-19-27(40-22(2)36)31(41-23(3)37)34(6)28(42-32(39)25-15-11-8-12-16-25)20-26-30(35(21,34)44-33(26,4)5)43-29(38)18-17-24-13-9-7-10-14-24/h7-18,21,26-28,30-31H,19-20H2,1-6H3/b18-17+/t21-,26-,27-,28+,30-,31+,34-,35-/m1/s1. The van der Waals surface area contributed by atoms with Gasteiger partial charge >= 0.3 is 23.9 Å². The number of ether oxygens (including phenoxy) is 5. The summed E-state index contributed by atoms with van der Waals surface area (Å²) in [5.74, 6) is -2.97. The van der Waals surface area contributed by atoms with Gasteiger partial charge in [-0.05, 0) is 63.3 Å². The molecule has 0 aromatic heterocycles. The Morgan fingerprint density at radius 3 is 2.02 bits per heavy atom. The number of esters is 4. The lowest BCUT2D eigenvalue weighted by Crippen LogP contribution is -2.76. The van der Waals surface area contributed by atoms with Gasteiger partial charge in [-0.3, -0.25) is 9.59 Å². The molecule has 1 heterocycles.